The van der Waals surface area contributed by atoms with Gasteiger partial charge >= 0.3 is 5.97 Å². The Hall–Kier alpha value is -1.44. The van der Waals surface area contributed by atoms with Crippen LogP contribution in [-0.2, 0) is 10.0 Å². The van der Waals surface area contributed by atoms with Crippen LogP contribution in [0.25, 0.3) is 0 Å². The van der Waals surface area contributed by atoms with Crippen LogP contribution < -0.4 is 4.72 Å². The van der Waals surface area contributed by atoms with Gasteiger partial charge in [-0.2, -0.15) is 0 Å². The maximum absolute atomic E-state index is 13.4. The summed E-state index contributed by atoms with van der Waals surface area (Å²) in [5.74, 6) is -2.40. The zero-order valence-electron chi connectivity index (χ0n) is 8.98. The standard InChI is InChI=1S/C10H9ClFNO4S/c1-6(11)5-13-18(16,17)9-4-7(10(14)15)2-3-8(9)12/h2-4,13H,1,5H2,(H,14,15). The lowest BCUT2D eigenvalue weighted by Gasteiger charge is -2.07. The second-order valence-electron chi connectivity index (χ2n) is 3.29. The highest BCUT2D eigenvalue weighted by Crippen LogP contribution is 2.16. The molecular formula is C10H9ClFNO4S. The van der Waals surface area contributed by atoms with Crippen LogP contribution in [0.3, 0.4) is 0 Å². The van der Waals surface area contributed by atoms with E-state index in [4.69, 9.17) is 16.7 Å². The summed E-state index contributed by atoms with van der Waals surface area (Å²) >= 11 is 5.38. The molecule has 0 fully saturated rings. The number of carbonyl (C=O) groups is 1. The molecule has 18 heavy (non-hydrogen) atoms. The van der Waals surface area contributed by atoms with Crippen LogP contribution in [0.4, 0.5) is 4.39 Å². The van der Waals surface area contributed by atoms with E-state index < -0.39 is 26.7 Å². The quantitative estimate of drug-likeness (QED) is 0.863. The molecule has 0 saturated heterocycles. The van der Waals surface area contributed by atoms with Gasteiger partial charge in [-0.15, -0.1) is 0 Å². The highest BCUT2D eigenvalue weighted by atomic mass is 35.5. The summed E-state index contributed by atoms with van der Waals surface area (Å²) in [4.78, 5) is 9.93. The molecule has 0 aliphatic heterocycles. The molecular weight excluding hydrogens is 285 g/mol. The maximum atomic E-state index is 13.4. The number of hydrogen-bond donors (Lipinski definition) is 2. The third kappa shape index (κ3) is 3.52. The van der Waals surface area contributed by atoms with Gasteiger partial charge in [0.15, 0.2) is 0 Å². The second kappa shape index (κ2) is 5.47. The molecule has 0 heterocycles. The van der Waals surface area contributed by atoms with Gasteiger partial charge in [-0.25, -0.2) is 22.3 Å². The number of sulfonamides is 1. The largest absolute Gasteiger partial charge is 0.478 e. The summed E-state index contributed by atoms with van der Waals surface area (Å²) < 4.78 is 38.8. The minimum absolute atomic E-state index is 0.0216. The van der Waals surface area contributed by atoms with E-state index in [1.165, 1.54) is 0 Å². The highest BCUT2D eigenvalue weighted by molar-refractivity contribution is 7.89. The van der Waals surface area contributed by atoms with E-state index in [-0.39, 0.29) is 17.1 Å². The van der Waals surface area contributed by atoms with Crippen molar-refractivity contribution in [2.75, 3.05) is 6.54 Å². The summed E-state index contributed by atoms with van der Waals surface area (Å²) in [6.07, 6.45) is 0. The first-order chi connectivity index (χ1) is 8.24. The lowest BCUT2D eigenvalue weighted by Crippen LogP contribution is -2.26. The number of hydrogen-bond acceptors (Lipinski definition) is 3. The Bertz CT molecular complexity index is 600. The number of aromatic carboxylic acids is 1. The van der Waals surface area contributed by atoms with E-state index in [1.807, 2.05) is 4.72 Å². The predicted octanol–water partition coefficient (Wildman–Crippen LogP) is 1.55. The third-order valence-electron chi connectivity index (χ3n) is 1.92. The molecule has 0 saturated carbocycles. The van der Waals surface area contributed by atoms with Gasteiger partial charge in [-0.05, 0) is 18.2 Å². The predicted molar refractivity (Wildman–Crippen MR) is 63.5 cm³/mol. The Morgan fingerprint density at radius 1 is 1.50 bits per heavy atom. The van der Waals surface area contributed by atoms with E-state index in [2.05, 4.69) is 6.58 Å². The minimum Gasteiger partial charge on any atom is -0.478 e. The zero-order valence-corrected chi connectivity index (χ0v) is 10.6. The van der Waals surface area contributed by atoms with Crippen LogP contribution in [0, 0.1) is 5.82 Å². The molecule has 2 N–H and O–H groups in total. The van der Waals surface area contributed by atoms with Gasteiger partial charge in [-0.1, -0.05) is 18.2 Å². The van der Waals surface area contributed by atoms with Crippen LogP contribution in [0.5, 0.6) is 0 Å². The topological polar surface area (TPSA) is 83.5 Å². The van der Waals surface area contributed by atoms with Gasteiger partial charge in [0.1, 0.15) is 10.7 Å². The molecule has 1 aromatic carbocycles. The first-order valence-corrected chi connectivity index (χ1v) is 6.46. The van der Waals surface area contributed by atoms with Gasteiger partial charge < -0.3 is 5.11 Å². The summed E-state index contributed by atoms with van der Waals surface area (Å²) in [6, 6.07) is 2.47. The molecule has 1 aromatic rings. The molecule has 1 rings (SSSR count). The van der Waals surface area contributed by atoms with Crippen molar-refractivity contribution in [2.45, 2.75) is 4.90 Å². The van der Waals surface area contributed by atoms with Crippen molar-refractivity contribution >= 4 is 27.6 Å². The first kappa shape index (κ1) is 14.6. The average Bonchev–Trinajstić information content (AvgIpc) is 2.26. The van der Waals surface area contributed by atoms with Crippen LogP contribution in [0.2, 0.25) is 0 Å². The maximum Gasteiger partial charge on any atom is 0.335 e. The number of benzene rings is 1. The van der Waals surface area contributed by atoms with Crippen LogP contribution >= 0.6 is 11.6 Å². The van der Waals surface area contributed by atoms with Gasteiger partial charge in [0.25, 0.3) is 0 Å². The average molecular weight is 294 g/mol. The van der Waals surface area contributed by atoms with E-state index in [1.54, 1.807) is 0 Å². The summed E-state index contributed by atoms with van der Waals surface area (Å²) in [5, 5.41) is 8.73. The van der Waals surface area contributed by atoms with E-state index in [0.29, 0.717) is 0 Å². The molecule has 0 aliphatic rings. The summed E-state index contributed by atoms with van der Waals surface area (Å²) in [5.41, 5.74) is -0.332. The number of nitrogens with one attached hydrogen (secondary N) is 1. The smallest absolute Gasteiger partial charge is 0.335 e. The molecule has 0 radical (unpaired) electrons. The molecule has 0 atom stereocenters. The Kier molecular flexibility index (Phi) is 4.44. The third-order valence-corrected chi connectivity index (χ3v) is 3.47. The lowest BCUT2D eigenvalue weighted by molar-refractivity contribution is 0.0696. The van der Waals surface area contributed by atoms with Gasteiger partial charge in [0, 0.05) is 11.6 Å². The molecule has 0 aromatic heterocycles. The first-order valence-electron chi connectivity index (χ1n) is 4.60. The fourth-order valence-corrected chi connectivity index (χ4v) is 2.37. The van der Waals surface area contributed by atoms with Crippen molar-refractivity contribution in [3.8, 4) is 0 Å². The van der Waals surface area contributed by atoms with E-state index in [0.717, 1.165) is 18.2 Å². The normalized spacial score (nSPS) is 11.2. The molecule has 0 spiro atoms. The van der Waals surface area contributed by atoms with Crippen molar-refractivity contribution < 1.29 is 22.7 Å². The molecule has 0 aliphatic carbocycles. The monoisotopic (exact) mass is 293 g/mol. The number of rotatable bonds is 5. The Labute approximate surface area is 108 Å². The minimum atomic E-state index is -4.18. The van der Waals surface area contributed by atoms with E-state index in [9.17, 15) is 17.6 Å². The molecule has 8 heteroatoms. The molecule has 0 unspecified atom stereocenters. The lowest BCUT2D eigenvalue weighted by atomic mass is 10.2. The molecule has 98 valence electrons. The van der Waals surface area contributed by atoms with Crippen molar-refractivity contribution in [3.05, 3.63) is 41.2 Å². The SMILES string of the molecule is C=C(Cl)CNS(=O)(=O)c1cc(C(=O)O)ccc1F. The van der Waals surface area contributed by atoms with Crippen molar-refractivity contribution in [1.29, 1.82) is 0 Å². The molecule has 5 nitrogen and oxygen atoms in total. The number of halogens is 2. The van der Waals surface area contributed by atoms with Gasteiger partial charge in [0.2, 0.25) is 10.0 Å². The summed E-state index contributed by atoms with van der Waals surface area (Å²) in [7, 11) is -4.18. The molecule has 0 bridgehead atoms. The van der Waals surface area contributed by atoms with Crippen LogP contribution in [-0.4, -0.2) is 26.0 Å². The highest BCUT2D eigenvalue weighted by Gasteiger charge is 2.20. The van der Waals surface area contributed by atoms with Gasteiger partial charge in [0.05, 0.1) is 5.56 Å². The zero-order chi connectivity index (χ0) is 13.9. The van der Waals surface area contributed by atoms with Crippen LogP contribution in [0.15, 0.2) is 34.7 Å². The fraction of sp³-hybridized carbons (Fsp3) is 0.100. The molecule has 0 amide bonds. The van der Waals surface area contributed by atoms with Crippen LogP contribution in [0.1, 0.15) is 10.4 Å². The Balaban J connectivity index is 3.18. The van der Waals surface area contributed by atoms with Crippen molar-refractivity contribution in [3.63, 3.8) is 0 Å². The number of carboxylic acids is 1. The van der Waals surface area contributed by atoms with E-state index >= 15 is 0 Å². The number of carboxylic acid groups (broad SMARTS) is 1. The Morgan fingerprint density at radius 3 is 2.61 bits per heavy atom. The van der Waals surface area contributed by atoms with Crippen molar-refractivity contribution in [2.24, 2.45) is 0 Å². The second-order valence-corrected chi connectivity index (χ2v) is 5.56. The fourth-order valence-electron chi connectivity index (χ4n) is 1.09. The Morgan fingerprint density at radius 2 is 2.11 bits per heavy atom. The van der Waals surface area contributed by atoms with Crippen molar-refractivity contribution in [1.82, 2.24) is 4.72 Å². The van der Waals surface area contributed by atoms with Gasteiger partial charge in [-0.3, -0.25) is 0 Å². The summed E-state index contributed by atoms with van der Waals surface area (Å²) in [6.45, 7) is 2.99.